The molecule has 0 radical (unpaired) electrons. The van der Waals surface area contributed by atoms with Crippen molar-refractivity contribution in [3.63, 3.8) is 0 Å². The second kappa shape index (κ2) is 8.39. The van der Waals surface area contributed by atoms with Crippen LogP contribution in [-0.4, -0.2) is 25.9 Å². The van der Waals surface area contributed by atoms with Gasteiger partial charge in [0.05, 0.1) is 9.79 Å². The molecule has 0 aromatic heterocycles. The molecule has 0 saturated carbocycles. The molecule has 0 heterocycles. The Morgan fingerprint density at radius 1 is 0.636 bits per heavy atom. The minimum Gasteiger partial charge on any atom is -0.744 e. The molecule has 10 heteroatoms. The molecule has 0 aliphatic carbocycles. The standard InChI is InChI=1S/C12H10O6S2.2Na/c13-19(14,15)11-5-1-3-9(7-11)10-4-2-6-12(8-10)20(16,17)18;;/h1-8H,(H,13,14,15)(H,16,17,18);;/q;2*+1/p-2. The van der Waals surface area contributed by atoms with E-state index in [9.17, 15) is 25.9 Å². The molecule has 0 fully saturated rings. The molecule has 6 nitrogen and oxygen atoms in total. The summed E-state index contributed by atoms with van der Waals surface area (Å²) in [7, 11) is -9.20. The Morgan fingerprint density at radius 2 is 0.955 bits per heavy atom. The predicted molar refractivity (Wildman–Crippen MR) is 67.8 cm³/mol. The molecular weight excluding hydrogens is 350 g/mol. The Hall–Kier alpha value is 0.260. The Bertz CT molecular complexity index is 789. The van der Waals surface area contributed by atoms with E-state index in [1.54, 1.807) is 0 Å². The summed E-state index contributed by atoms with van der Waals surface area (Å²) in [4.78, 5) is -0.851. The van der Waals surface area contributed by atoms with E-state index in [0.29, 0.717) is 11.1 Å². The van der Waals surface area contributed by atoms with E-state index >= 15 is 0 Å². The van der Waals surface area contributed by atoms with Crippen LogP contribution in [0.15, 0.2) is 58.3 Å². The zero-order valence-corrected chi connectivity index (χ0v) is 17.5. The summed E-state index contributed by atoms with van der Waals surface area (Å²) in [6, 6.07) is 10.3. The third kappa shape index (κ3) is 5.72. The maximum absolute atomic E-state index is 10.9. The third-order valence-electron chi connectivity index (χ3n) is 2.58. The molecule has 2 aromatic rings. The summed E-state index contributed by atoms with van der Waals surface area (Å²) in [6.45, 7) is 0. The average Bonchev–Trinajstić information content (AvgIpc) is 2.37. The van der Waals surface area contributed by atoms with Crippen LogP contribution in [-0.2, 0) is 20.2 Å². The van der Waals surface area contributed by atoms with Crippen molar-refractivity contribution in [3.8, 4) is 11.1 Å². The van der Waals surface area contributed by atoms with E-state index < -0.39 is 30.0 Å². The van der Waals surface area contributed by atoms with Crippen LogP contribution in [0.1, 0.15) is 0 Å². The Kier molecular flexibility index (Phi) is 8.48. The fourth-order valence-electron chi connectivity index (χ4n) is 1.66. The van der Waals surface area contributed by atoms with Gasteiger partial charge in [-0.15, -0.1) is 0 Å². The molecule has 0 N–H and O–H groups in total. The molecule has 0 atom stereocenters. The molecule has 2 aromatic carbocycles. The van der Waals surface area contributed by atoms with Crippen molar-refractivity contribution in [2.75, 3.05) is 0 Å². The molecule has 2 rings (SSSR count). The Morgan fingerprint density at radius 3 is 1.23 bits per heavy atom. The molecule has 0 saturated heterocycles. The van der Waals surface area contributed by atoms with Gasteiger partial charge in [-0.3, -0.25) is 0 Å². The van der Waals surface area contributed by atoms with Gasteiger partial charge in [-0.1, -0.05) is 24.3 Å². The molecule has 0 amide bonds. The van der Waals surface area contributed by atoms with Crippen molar-refractivity contribution >= 4 is 20.2 Å². The topological polar surface area (TPSA) is 114 Å². The summed E-state index contributed by atoms with van der Waals surface area (Å²) in [5.74, 6) is 0. The van der Waals surface area contributed by atoms with Gasteiger partial charge in [0.2, 0.25) is 0 Å². The minimum absolute atomic E-state index is 0. The molecule has 0 aliphatic rings. The van der Waals surface area contributed by atoms with Gasteiger partial charge in [0.1, 0.15) is 20.2 Å². The smallest absolute Gasteiger partial charge is 0.744 e. The molecular formula is C12H8Na2O6S2. The first-order chi connectivity index (χ1) is 9.18. The van der Waals surface area contributed by atoms with Crippen LogP contribution >= 0.6 is 0 Å². The number of rotatable bonds is 3. The van der Waals surface area contributed by atoms with E-state index in [1.165, 1.54) is 24.3 Å². The normalized spacial score (nSPS) is 11.2. The van der Waals surface area contributed by atoms with Crippen molar-refractivity contribution in [2.45, 2.75) is 9.79 Å². The first-order valence-corrected chi connectivity index (χ1v) is 8.12. The number of hydrogen-bond acceptors (Lipinski definition) is 6. The fourth-order valence-corrected chi connectivity index (χ4v) is 2.70. The van der Waals surface area contributed by atoms with Crippen LogP contribution in [0.3, 0.4) is 0 Å². The SMILES string of the molecule is O=S(=O)([O-])c1cccc(-c2cccc(S(=O)(=O)[O-])c2)c1.[Na+].[Na+]. The second-order valence-corrected chi connectivity index (χ2v) is 6.72. The molecule has 0 bridgehead atoms. The molecule has 0 aliphatic heterocycles. The summed E-state index contributed by atoms with van der Waals surface area (Å²) in [6.07, 6.45) is 0. The molecule has 22 heavy (non-hydrogen) atoms. The van der Waals surface area contributed by atoms with Crippen LogP contribution in [0.25, 0.3) is 11.1 Å². The van der Waals surface area contributed by atoms with Crippen LogP contribution in [0, 0.1) is 0 Å². The van der Waals surface area contributed by atoms with Gasteiger partial charge in [-0.2, -0.15) is 0 Å². The van der Waals surface area contributed by atoms with Gasteiger partial charge in [-0.05, 0) is 35.4 Å². The van der Waals surface area contributed by atoms with Gasteiger partial charge in [0.25, 0.3) is 0 Å². The second-order valence-electron chi connectivity index (χ2n) is 3.96. The van der Waals surface area contributed by atoms with E-state index in [2.05, 4.69) is 0 Å². The van der Waals surface area contributed by atoms with Gasteiger partial charge in [0, 0.05) is 0 Å². The van der Waals surface area contributed by atoms with Gasteiger partial charge in [-0.25, -0.2) is 16.8 Å². The monoisotopic (exact) mass is 358 g/mol. The van der Waals surface area contributed by atoms with Crippen LogP contribution < -0.4 is 59.1 Å². The first-order valence-electron chi connectivity index (χ1n) is 5.30. The molecule has 0 unspecified atom stereocenters. The number of hydrogen-bond donors (Lipinski definition) is 0. The van der Waals surface area contributed by atoms with Gasteiger partial charge < -0.3 is 9.11 Å². The quantitative estimate of drug-likeness (QED) is 0.402. The summed E-state index contributed by atoms with van der Waals surface area (Å²) in [5.41, 5.74) is 0.653. The van der Waals surface area contributed by atoms with E-state index in [0.717, 1.165) is 24.3 Å². The largest absolute Gasteiger partial charge is 1.00 e. The van der Waals surface area contributed by atoms with Gasteiger partial charge in [0.15, 0.2) is 0 Å². The van der Waals surface area contributed by atoms with E-state index in [1.807, 2.05) is 0 Å². The Balaban J connectivity index is 0.00000220. The zero-order chi connectivity index (χ0) is 15.0. The summed E-state index contributed by atoms with van der Waals surface area (Å²) in [5, 5.41) is 0. The number of benzene rings is 2. The third-order valence-corrected chi connectivity index (χ3v) is 4.24. The molecule has 106 valence electrons. The zero-order valence-electron chi connectivity index (χ0n) is 11.9. The van der Waals surface area contributed by atoms with Crippen molar-refractivity contribution in [1.82, 2.24) is 0 Å². The van der Waals surface area contributed by atoms with Crippen molar-refractivity contribution in [2.24, 2.45) is 0 Å². The maximum atomic E-state index is 10.9. The average molecular weight is 358 g/mol. The molecule has 0 spiro atoms. The van der Waals surface area contributed by atoms with Crippen LogP contribution in [0.4, 0.5) is 0 Å². The summed E-state index contributed by atoms with van der Waals surface area (Å²) >= 11 is 0. The van der Waals surface area contributed by atoms with Crippen molar-refractivity contribution in [1.29, 1.82) is 0 Å². The van der Waals surface area contributed by atoms with Crippen molar-refractivity contribution < 1.29 is 85.1 Å². The maximum Gasteiger partial charge on any atom is 1.00 e. The van der Waals surface area contributed by atoms with E-state index in [-0.39, 0.29) is 59.1 Å². The van der Waals surface area contributed by atoms with Crippen LogP contribution in [0.2, 0.25) is 0 Å². The van der Waals surface area contributed by atoms with Crippen LogP contribution in [0.5, 0.6) is 0 Å². The van der Waals surface area contributed by atoms with Gasteiger partial charge >= 0.3 is 59.1 Å². The Labute approximate surface area is 173 Å². The first kappa shape index (κ1) is 22.3. The summed E-state index contributed by atoms with van der Waals surface area (Å²) < 4.78 is 65.6. The minimum atomic E-state index is -4.60. The predicted octanol–water partition coefficient (Wildman–Crippen LogP) is -4.83. The van der Waals surface area contributed by atoms with E-state index in [4.69, 9.17) is 0 Å². The fraction of sp³-hybridized carbons (Fsp3) is 0. The van der Waals surface area contributed by atoms with Crippen molar-refractivity contribution in [3.05, 3.63) is 48.5 Å².